The van der Waals surface area contributed by atoms with Gasteiger partial charge in [-0.2, -0.15) is 16.4 Å². The summed E-state index contributed by atoms with van der Waals surface area (Å²) in [6.45, 7) is 2.06. The van der Waals surface area contributed by atoms with E-state index >= 15 is 0 Å². The molecule has 4 aromatic rings. The minimum Gasteiger partial charge on any atom is -0.356 e. The van der Waals surface area contributed by atoms with Gasteiger partial charge in [-0.05, 0) is 47.9 Å². The second kappa shape index (κ2) is 6.78. The van der Waals surface area contributed by atoms with Gasteiger partial charge in [-0.15, -0.1) is 0 Å². The van der Waals surface area contributed by atoms with E-state index in [1.807, 2.05) is 24.0 Å². The highest BCUT2D eigenvalue weighted by atomic mass is 32.1. The topological polar surface area (TPSA) is 46.8 Å². The predicted molar refractivity (Wildman–Crippen MR) is 110 cm³/mol. The second-order valence-corrected chi connectivity index (χ2v) is 8.01. The van der Waals surface area contributed by atoms with Crippen LogP contribution in [0.5, 0.6) is 0 Å². The molecule has 1 aromatic carbocycles. The van der Waals surface area contributed by atoms with Crippen LogP contribution in [0.2, 0.25) is 0 Å². The summed E-state index contributed by atoms with van der Waals surface area (Å²) in [5.74, 6) is 2.52. The highest BCUT2D eigenvalue weighted by Gasteiger charge is 2.26. The maximum Gasteiger partial charge on any atom is 0.162 e. The van der Waals surface area contributed by atoms with Gasteiger partial charge in [-0.1, -0.05) is 12.1 Å². The second-order valence-electron chi connectivity index (χ2n) is 7.23. The smallest absolute Gasteiger partial charge is 0.162 e. The fourth-order valence-electron chi connectivity index (χ4n) is 3.92. The predicted octanol–water partition coefficient (Wildman–Crippen LogP) is 4.16. The van der Waals surface area contributed by atoms with Crippen LogP contribution in [0.25, 0.3) is 22.3 Å². The quantitative estimate of drug-likeness (QED) is 0.537. The number of para-hydroxylation sites is 1. The summed E-state index contributed by atoms with van der Waals surface area (Å²) in [4.78, 5) is 12.2. The van der Waals surface area contributed by atoms with E-state index in [0.29, 0.717) is 5.92 Å². The first kappa shape index (κ1) is 16.4. The van der Waals surface area contributed by atoms with Crippen molar-refractivity contribution in [3.63, 3.8) is 0 Å². The van der Waals surface area contributed by atoms with Crippen LogP contribution < -0.4 is 4.90 Å². The third-order valence-corrected chi connectivity index (χ3v) is 5.91. The summed E-state index contributed by atoms with van der Waals surface area (Å²) in [5.41, 5.74) is 3.42. The molecule has 0 spiro atoms. The molecule has 3 aromatic heterocycles. The summed E-state index contributed by atoms with van der Waals surface area (Å²) >= 11 is 1.68. The number of aryl methyl sites for hydroxylation is 1. The lowest BCUT2D eigenvalue weighted by molar-refractivity contribution is 0.586. The number of benzene rings is 1. The van der Waals surface area contributed by atoms with Crippen LogP contribution in [0.1, 0.15) is 12.0 Å². The van der Waals surface area contributed by atoms with Crippen molar-refractivity contribution in [3.8, 4) is 11.4 Å². The minimum absolute atomic E-state index is 0.632. The zero-order valence-corrected chi connectivity index (χ0v) is 16.1. The number of fused-ring (bicyclic) bond motifs is 1. The van der Waals surface area contributed by atoms with Gasteiger partial charge in [-0.3, -0.25) is 4.68 Å². The van der Waals surface area contributed by atoms with Crippen LogP contribution in [0.3, 0.4) is 0 Å². The molecule has 1 unspecified atom stereocenters. The van der Waals surface area contributed by atoms with Gasteiger partial charge >= 0.3 is 0 Å². The Hall–Kier alpha value is -2.73. The molecule has 0 bridgehead atoms. The van der Waals surface area contributed by atoms with Crippen molar-refractivity contribution in [2.24, 2.45) is 13.0 Å². The van der Waals surface area contributed by atoms with Gasteiger partial charge in [0.1, 0.15) is 5.82 Å². The fraction of sp³-hybridized carbons (Fsp3) is 0.286. The summed E-state index contributed by atoms with van der Waals surface area (Å²) in [7, 11) is 1.98. The van der Waals surface area contributed by atoms with E-state index in [4.69, 9.17) is 9.97 Å². The van der Waals surface area contributed by atoms with Crippen molar-refractivity contribution in [2.45, 2.75) is 12.8 Å². The van der Waals surface area contributed by atoms with E-state index < -0.39 is 0 Å². The molecule has 0 saturated carbocycles. The monoisotopic (exact) mass is 375 g/mol. The molecule has 4 heterocycles. The lowest BCUT2D eigenvalue weighted by Crippen LogP contribution is -2.22. The molecule has 1 fully saturated rings. The molecule has 1 atom stereocenters. The van der Waals surface area contributed by atoms with Crippen LogP contribution in [-0.2, 0) is 13.5 Å². The zero-order chi connectivity index (χ0) is 18.2. The first-order valence-corrected chi connectivity index (χ1v) is 10.2. The van der Waals surface area contributed by atoms with E-state index in [1.54, 1.807) is 11.3 Å². The third-order valence-electron chi connectivity index (χ3n) is 5.23. The largest absolute Gasteiger partial charge is 0.356 e. The van der Waals surface area contributed by atoms with Gasteiger partial charge in [0.2, 0.25) is 0 Å². The van der Waals surface area contributed by atoms with Crippen LogP contribution in [0.4, 0.5) is 5.82 Å². The highest BCUT2D eigenvalue weighted by Crippen LogP contribution is 2.32. The van der Waals surface area contributed by atoms with Gasteiger partial charge in [0, 0.05) is 42.7 Å². The molecule has 0 N–H and O–H groups in total. The number of hydrogen-bond acceptors (Lipinski definition) is 5. The van der Waals surface area contributed by atoms with Gasteiger partial charge in [0.05, 0.1) is 11.7 Å². The molecular formula is C21H21N5S. The van der Waals surface area contributed by atoms with Crippen molar-refractivity contribution >= 4 is 28.1 Å². The Morgan fingerprint density at radius 2 is 2.11 bits per heavy atom. The molecule has 5 nitrogen and oxygen atoms in total. The molecule has 6 heteroatoms. The van der Waals surface area contributed by atoms with Crippen molar-refractivity contribution in [1.29, 1.82) is 0 Å². The Labute approximate surface area is 162 Å². The number of rotatable bonds is 4. The molecule has 1 aliphatic rings. The van der Waals surface area contributed by atoms with E-state index in [9.17, 15) is 0 Å². The standard InChI is InChI=1S/C21H21N5S/c1-25-12-16(11-22-25)10-15-6-8-26(13-15)21-18-4-2-3-5-19(18)23-20(24-21)17-7-9-27-14-17/h2-5,7,9,11-12,14-15H,6,8,10,13H2,1H3. The van der Waals surface area contributed by atoms with Crippen molar-refractivity contribution < 1.29 is 0 Å². The molecule has 1 saturated heterocycles. The van der Waals surface area contributed by atoms with Crippen molar-refractivity contribution in [1.82, 2.24) is 19.7 Å². The van der Waals surface area contributed by atoms with Gasteiger partial charge in [0.25, 0.3) is 0 Å². The number of hydrogen-bond donors (Lipinski definition) is 0. The highest BCUT2D eigenvalue weighted by molar-refractivity contribution is 7.08. The summed E-state index contributed by atoms with van der Waals surface area (Å²) in [6.07, 6.45) is 6.36. The van der Waals surface area contributed by atoms with Crippen LogP contribution in [0.15, 0.2) is 53.5 Å². The molecule has 5 rings (SSSR count). The summed E-state index contributed by atoms with van der Waals surface area (Å²) in [5, 5.41) is 9.63. The molecule has 1 aliphatic heterocycles. The van der Waals surface area contributed by atoms with Crippen LogP contribution in [0, 0.1) is 5.92 Å². The first-order valence-electron chi connectivity index (χ1n) is 9.28. The number of thiophene rings is 1. The van der Waals surface area contributed by atoms with Crippen LogP contribution in [-0.4, -0.2) is 32.8 Å². The Bertz CT molecular complexity index is 1070. The van der Waals surface area contributed by atoms with Crippen molar-refractivity contribution in [3.05, 3.63) is 59.0 Å². The Morgan fingerprint density at radius 3 is 2.93 bits per heavy atom. The maximum absolute atomic E-state index is 4.98. The summed E-state index contributed by atoms with van der Waals surface area (Å²) < 4.78 is 1.88. The zero-order valence-electron chi connectivity index (χ0n) is 15.2. The fourth-order valence-corrected chi connectivity index (χ4v) is 4.56. The first-order chi connectivity index (χ1) is 13.3. The third kappa shape index (κ3) is 3.21. The Kier molecular flexibility index (Phi) is 4.13. The molecule has 0 amide bonds. The number of nitrogens with zero attached hydrogens (tertiary/aromatic N) is 5. The lowest BCUT2D eigenvalue weighted by Gasteiger charge is -2.20. The van der Waals surface area contributed by atoms with E-state index in [2.05, 4.69) is 51.2 Å². The number of aromatic nitrogens is 4. The molecule has 27 heavy (non-hydrogen) atoms. The lowest BCUT2D eigenvalue weighted by atomic mass is 10.0. The van der Waals surface area contributed by atoms with E-state index in [-0.39, 0.29) is 0 Å². The average Bonchev–Trinajstić information content (AvgIpc) is 3.43. The molecule has 0 aliphatic carbocycles. The summed E-state index contributed by atoms with van der Waals surface area (Å²) in [6, 6.07) is 10.4. The number of anilines is 1. The Morgan fingerprint density at radius 1 is 1.19 bits per heavy atom. The minimum atomic E-state index is 0.632. The molecule has 0 radical (unpaired) electrons. The van der Waals surface area contributed by atoms with Gasteiger partial charge in [0.15, 0.2) is 5.82 Å². The normalized spacial score (nSPS) is 17.1. The van der Waals surface area contributed by atoms with Gasteiger partial charge in [-0.25, -0.2) is 9.97 Å². The SMILES string of the molecule is Cn1cc(CC2CCN(c3nc(-c4ccsc4)nc4ccccc34)C2)cn1. The van der Waals surface area contributed by atoms with E-state index in [1.165, 1.54) is 12.0 Å². The van der Waals surface area contributed by atoms with E-state index in [0.717, 1.165) is 47.6 Å². The van der Waals surface area contributed by atoms with Crippen LogP contribution >= 0.6 is 11.3 Å². The maximum atomic E-state index is 4.98. The van der Waals surface area contributed by atoms with Gasteiger partial charge < -0.3 is 4.90 Å². The molecule has 136 valence electrons. The molecular weight excluding hydrogens is 354 g/mol. The Balaban J connectivity index is 1.47. The van der Waals surface area contributed by atoms with Crippen molar-refractivity contribution in [2.75, 3.05) is 18.0 Å². The average molecular weight is 376 g/mol.